The third-order valence-electron chi connectivity index (χ3n) is 6.81. The molecule has 0 unspecified atom stereocenters. The minimum atomic E-state index is -4.51. The van der Waals surface area contributed by atoms with Crippen LogP contribution >= 0.6 is 0 Å². The number of piperazine rings is 1. The summed E-state index contributed by atoms with van der Waals surface area (Å²) in [5.41, 5.74) is 0.558. The second-order valence-electron chi connectivity index (χ2n) is 8.95. The Kier molecular flexibility index (Phi) is 6.19. The molecule has 5 rings (SSSR count). The summed E-state index contributed by atoms with van der Waals surface area (Å²) in [7, 11) is 0. The van der Waals surface area contributed by atoms with Crippen LogP contribution in [0.4, 0.5) is 23.2 Å². The lowest BCUT2D eigenvalue weighted by Crippen LogP contribution is -2.62. The molecule has 2 atom stereocenters. The Hall–Kier alpha value is -3.82. The van der Waals surface area contributed by atoms with E-state index in [-0.39, 0.29) is 31.2 Å². The molecule has 188 valence electrons. The molecule has 3 aromatic rings. The number of fused-ring (bicyclic) bond motifs is 3. The van der Waals surface area contributed by atoms with Gasteiger partial charge in [-0.2, -0.15) is 13.2 Å². The van der Waals surface area contributed by atoms with E-state index in [0.29, 0.717) is 29.9 Å². The SMILES string of the molecule is O=C(NCc1ccccc1F)[C@@H]1Cc2cc(C(F)(F)F)ccc2N2CCN(C(=O)c3ccco3)C[C@H]12. The number of hydrogen-bond donors (Lipinski definition) is 1. The number of anilines is 1. The molecule has 1 N–H and O–H groups in total. The highest BCUT2D eigenvalue weighted by atomic mass is 19.4. The van der Waals surface area contributed by atoms with Crippen LogP contribution in [0.2, 0.25) is 0 Å². The number of carbonyl (C=O) groups excluding carboxylic acids is 2. The van der Waals surface area contributed by atoms with Crippen molar-refractivity contribution in [3.05, 3.63) is 89.1 Å². The average Bonchev–Trinajstić information content (AvgIpc) is 3.41. The van der Waals surface area contributed by atoms with Gasteiger partial charge in [0, 0.05) is 37.4 Å². The van der Waals surface area contributed by atoms with Gasteiger partial charge in [-0.3, -0.25) is 9.59 Å². The van der Waals surface area contributed by atoms with Crippen LogP contribution in [0.3, 0.4) is 0 Å². The molecule has 1 fully saturated rings. The number of nitrogens with zero attached hydrogens (tertiary/aromatic N) is 2. The summed E-state index contributed by atoms with van der Waals surface area (Å²) in [5, 5.41) is 2.74. The van der Waals surface area contributed by atoms with Gasteiger partial charge in [-0.05, 0) is 48.4 Å². The van der Waals surface area contributed by atoms with E-state index < -0.39 is 35.4 Å². The lowest BCUT2D eigenvalue weighted by Gasteiger charge is -2.49. The van der Waals surface area contributed by atoms with E-state index in [1.807, 2.05) is 4.90 Å². The summed E-state index contributed by atoms with van der Waals surface area (Å²) in [5.74, 6) is -1.77. The minimum absolute atomic E-state index is 0.0563. The van der Waals surface area contributed by atoms with Crippen molar-refractivity contribution in [2.24, 2.45) is 5.92 Å². The van der Waals surface area contributed by atoms with Crippen LogP contribution < -0.4 is 10.2 Å². The summed E-state index contributed by atoms with van der Waals surface area (Å²) in [4.78, 5) is 29.7. The van der Waals surface area contributed by atoms with Gasteiger partial charge in [0.2, 0.25) is 5.91 Å². The third-order valence-corrected chi connectivity index (χ3v) is 6.81. The first-order valence-corrected chi connectivity index (χ1v) is 11.5. The third kappa shape index (κ3) is 4.55. The monoisotopic (exact) mass is 501 g/mol. The maximum atomic E-state index is 14.1. The molecule has 1 aromatic heterocycles. The number of furan rings is 1. The maximum absolute atomic E-state index is 14.1. The smallest absolute Gasteiger partial charge is 0.416 e. The van der Waals surface area contributed by atoms with Crippen LogP contribution in [-0.2, 0) is 23.9 Å². The molecule has 1 saturated heterocycles. The van der Waals surface area contributed by atoms with Gasteiger partial charge in [0.05, 0.1) is 23.8 Å². The van der Waals surface area contributed by atoms with Gasteiger partial charge in [0.15, 0.2) is 5.76 Å². The molecule has 36 heavy (non-hydrogen) atoms. The summed E-state index contributed by atoms with van der Waals surface area (Å²) in [6.07, 6.45) is -3.05. The van der Waals surface area contributed by atoms with E-state index in [0.717, 1.165) is 12.1 Å². The van der Waals surface area contributed by atoms with Crippen molar-refractivity contribution >= 4 is 17.5 Å². The lowest BCUT2D eigenvalue weighted by molar-refractivity contribution is -0.137. The largest absolute Gasteiger partial charge is 0.459 e. The number of alkyl halides is 3. The van der Waals surface area contributed by atoms with Gasteiger partial charge in [-0.15, -0.1) is 0 Å². The number of rotatable bonds is 4. The van der Waals surface area contributed by atoms with Gasteiger partial charge in [-0.25, -0.2) is 4.39 Å². The molecule has 0 bridgehead atoms. The maximum Gasteiger partial charge on any atom is 0.416 e. The van der Waals surface area contributed by atoms with E-state index in [1.54, 1.807) is 35.2 Å². The quantitative estimate of drug-likeness (QED) is 0.543. The predicted molar refractivity (Wildman–Crippen MR) is 123 cm³/mol. The highest BCUT2D eigenvalue weighted by Gasteiger charge is 2.43. The zero-order valence-corrected chi connectivity index (χ0v) is 19.1. The van der Waals surface area contributed by atoms with Gasteiger partial charge >= 0.3 is 6.18 Å². The van der Waals surface area contributed by atoms with Gasteiger partial charge in [0.25, 0.3) is 5.91 Å². The first-order chi connectivity index (χ1) is 17.2. The number of amides is 2. The van der Waals surface area contributed by atoms with E-state index >= 15 is 0 Å². The standard InChI is InChI=1S/C26H23F4N3O3/c27-20-5-2-1-4-16(20)14-31-24(34)19-13-17-12-18(26(28,29)30)7-8-21(17)33-10-9-32(15-22(19)33)25(35)23-6-3-11-36-23/h1-8,11-12,19,22H,9-10,13-15H2,(H,31,34)/t19-,22-/m1/s1. The molecule has 0 spiro atoms. The number of halogens is 4. The van der Waals surface area contributed by atoms with Crippen LogP contribution in [0.25, 0.3) is 0 Å². The Morgan fingerprint density at radius 1 is 1.06 bits per heavy atom. The Bertz CT molecular complexity index is 1280. The summed E-state index contributed by atoms with van der Waals surface area (Å²) < 4.78 is 59.5. The van der Waals surface area contributed by atoms with E-state index in [9.17, 15) is 27.2 Å². The van der Waals surface area contributed by atoms with Crippen LogP contribution in [0.5, 0.6) is 0 Å². The molecule has 2 amide bonds. The molecule has 3 heterocycles. The van der Waals surface area contributed by atoms with Crippen LogP contribution in [0, 0.1) is 11.7 Å². The van der Waals surface area contributed by atoms with Crippen molar-refractivity contribution in [3.63, 3.8) is 0 Å². The molecule has 6 nitrogen and oxygen atoms in total. The molecule has 0 aliphatic carbocycles. The molecule has 2 aliphatic rings. The summed E-state index contributed by atoms with van der Waals surface area (Å²) >= 11 is 0. The van der Waals surface area contributed by atoms with Crippen LogP contribution in [0.1, 0.15) is 27.2 Å². The predicted octanol–water partition coefficient (Wildman–Crippen LogP) is 4.26. The van der Waals surface area contributed by atoms with E-state index in [1.165, 1.54) is 18.4 Å². The average molecular weight is 501 g/mol. The number of hydrogen-bond acceptors (Lipinski definition) is 4. The Morgan fingerprint density at radius 3 is 2.58 bits per heavy atom. The Morgan fingerprint density at radius 2 is 1.86 bits per heavy atom. The minimum Gasteiger partial charge on any atom is -0.459 e. The normalized spacial score (nSPS) is 19.4. The molecule has 0 radical (unpaired) electrons. The van der Waals surface area contributed by atoms with Crippen molar-refractivity contribution in [2.75, 3.05) is 24.5 Å². The van der Waals surface area contributed by atoms with Gasteiger partial charge < -0.3 is 19.5 Å². The highest BCUT2D eigenvalue weighted by molar-refractivity contribution is 5.92. The van der Waals surface area contributed by atoms with Crippen molar-refractivity contribution in [1.29, 1.82) is 0 Å². The summed E-state index contributed by atoms with van der Waals surface area (Å²) in [6.45, 7) is 0.795. The molecular weight excluding hydrogens is 478 g/mol. The van der Waals surface area contributed by atoms with E-state index in [4.69, 9.17) is 4.42 Å². The number of benzene rings is 2. The fraction of sp³-hybridized carbons (Fsp3) is 0.308. The zero-order valence-electron chi connectivity index (χ0n) is 19.1. The van der Waals surface area contributed by atoms with Crippen molar-refractivity contribution in [1.82, 2.24) is 10.2 Å². The van der Waals surface area contributed by atoms with E-state index in [2.05, 4.69) is 5.32 Å². The Labute approximate surface area is 204 Å². The topological polar surface area (TPSA) is 65.8 Å². The highest BCUT2D eigenvalue weighted by Crippen LogP contribution is 2.40. The first-order valence-electron chi connectivity index (χ1n) is 11.5. The van der Waals surface area contributed by atoms with Gasteiger partial charge in [-0.1, -0.05) is 18.2 Å². The zero-order chi connectivity index (χ0) is 25.4. The van der Waals surface area contributed by atoms with Crippen molar-refractivity contribution in [3.8, 4) is 0 Å². The number of nitrogens with one attached hydrogen (secondary N) is 1. The number of carbonyl (C=O) groups is 2. The lowest BCUT2D eigenvalue weighted by atomic mass is 9.82. The summed E-state index contributed by atoms with van der Waals surface area (Å²) in [6, 6.07) is 12.3. The van der Waals surface area contributed by atoms with Gasteiger partial charge in [0.1, 0.15) is 5.82 Å². The molecule has 2 aliphatic heterocycles. The van der Waals surface area contributed by atoms with Crippen LogP contribution in [0.15, 0.2) is 65.3 Å². The fourth-order valence-electron chi connectivity index (χ4n) is 5.00. The molecule has 2 aromatic carbocycles. The van der Waals surface area contributed by atoms with Crippen molar-refractivity contribution < 1.29 is 31.6 Å². The van der Waals surface area contributed by atoms with Crippen LogP contribution in [-0.4, -0.2) is 42.4 Å². The Balaban J connectivity index is 1.43. The molecular formula is C26H23F4N3O3. The molecule has 0 saturated carbocycles. The first kappa shape index (κ1) is 23.9. The second kappa shape index (κ2) is 9.33. The van der Waals surface area contributed by atoms with Crippen molar-refractivity contribution in [2.45, 2.75) is 25.2 Å². The molecule has 10 heteroatoms. The second-order valence-corrected chi connectivity index (χ2v) is 8.95. The fourth-order valence-corrected chi connectivity index (χ4v) is 5.00.